The van der Waals surface area contributed by atoms with Crippen molar-refractivity contribution in [3.8, 4) is 0 Å². The third-order valence-corrected chi connectivity index (χ3v) is 4.01. The molecule has 0 fully saturated rings. The first-order chi connectivity index (χ1) is 10.8. The molecule has 23 heavy (non-hydrogen) atoms. The highest BCUT2D eigenvalue weighted by molar-refractivity contribution is 5.95. The average Bonchev–Trinajstić information content (AvgIpc) is 2.73. The molecule has 0 aliphatic rings. The molecule has 2 heterocycles. The van der Waals surface area contributed by atoms with Gasteiger partial charge in [0.15, 0.2) is 0 Å². The molecule has 1 amide bonds. The van der Waals surface area contributed by atoms with E-state index in [1.807, 2.05) is 44.6 Å². The number of aryl methyl sites for hydroxylation is 2. The normalized spacial score (nSPS) is 12.1. The van der Waals surface area contributed by atoms with E-state index in [0.717, 1.165) is 23.6 Å². The highest BCUT2D eigenvalue weighted by atomic mass is 16.1. The van der Waals surface area contributed by atoms with Crippen LogP contribution in [0.2, 0.25) is 0 Å². The standard InChI is InChI=1S/C17H25N5O/c1-11(9-15-12(2)20-22(6)13(15)3)19-17(23)14-7-8-18-16(10-14)21(4)5/h7-8,10-11H,9H2,1-6H3,(H,19,23)/t11-/m1/s1. The Kier molecular flexibility index (Phi) is 5.03. The van der Waals surface area contributed by atoms with E-state index in [1.54, 1.807) is 18.3 Å². The Morgan fingerprint density at radius 2 is 2.09 bits per heavy atom. The van der Waals surface area contributed by atoms with Gasteiger partial charge in [-0.05, 0) is 44.9 Å². The molecule has 0 bridgehead atoms. The molecule has 6 heteroatoms. The molecule has 0 radical (unpaired) electrons. The summed E-state index contributed by atoms with van der Waals surface area (Å²) in [4.78, 5) is 18.5. The number of amides is 1. The van der Waals surface area contributed by atoms with Gasteiger partial charge in [-0.15, -0.1) is 0 Å². The number of nitrogens with one attached hydrogen (secondary N) is 1. The number of hydrogen-bond donors (Lipinski definition) is 1. The summed E-state index contributed by atoms with van der Waals surface area (Å²) in [5.41, 5.74) is 3.98. The van der Waals surface area contributed by atoms with Crippen LogP contribution < -0.4 is 10.2 Å². The Hall–Kier alpha value is -2.37. The summed E-state index contributed by atoms with van der Waals surface area (Å²) >= 11 is 0. The van der Waals surface area contributed by atoms with Crippen LogP contribution in [0, 0.1) is 13.8 Å². The van der Waals surface area contributed by atoms with Crippen LogP contribution in [0.1, 0.15) is 34.2 Å². The number of anilines is 1. The Morgan fingerprint density at radius 1 is 1.39 bits per heavy atom. The van der Waals surface area contributed by atoms with Crippen molar-refractivity contribution >= 4 is 11.7 Å². The molecule has 2 aromatic heterocycles. The first-order valence-corrected chi connectivity index (χ1v) is 7.73. The molecule has 0 aliphatic heterocycles. The van der Waals surface area contributed by atoms with Crippen molar-refractivity contribution in [1.82, 2.24) is 20.1 Å². The van der Waals surface area contributed by atoms with Gasteiger partial charge in [0.2, 0.25) is 0 Å². The highest BCUT2D eigenvalue weighted by Crippen LogP contribution is 2.15. The zero-order valence-corrected chi connectivity index (χ0v) is 14.7. The molecule has 0 saturated heterocycles. The highest BCUT2D eigenvalue weighted by Gasteiger charge is 2.16. The minimum Gasteiger partial charge on any atom is -0.363 e. The number of carbonyl (C=O) groups excluding carboxylic acids is 1. The lowest BCUT2D eigenvalue weighted by molar-refractivity contribution is 0.0940. The number of nitrogens with zero attached hydrogens (tertiary/aromatic N) is 4. The smallest absolute Gasteiger partial charge is 0.251 e. The fourth-order valence-corrected chi connectivity index (χ4v) is 2.58. The number of pyridine rings is 1. The van der Waals surface area contributed by atoms with Crippen molar-refractivity contribution in [3.63, 3.8) is 0 Å². The summed E-state index contributed by atoms with van der Waals surface area (Å²) in [5, 5.41) is 7.47. The zero-order chi connectivity index (χ0) is 17.1. The molecule has 2 rings (SSSR count). The van der Waals surface area contributed by atoms with Gasteiger partial charge in [-0.3, -0.25) is 9.48 Å². The first-order valence-electron chi connectivity index (χ1n) is 7.73. The lowest BCUT2D eigenvalue weighted by Crippen LogP contribution is -2.34. The van der Waals surface area contributed by atoms with Crippen molar-refractivity contribution in [2.24, 2.45) is 7.05 Å². The van der Waals surface area contributed by atoms with E-state index in [9.17, 15) is 4.79 Å². The van der Waals surface area contributed by atoms with E-state index in [-0.39, 0.29) is 11.9 Å². The van der Waals surface area contributed by atoms with Crippen molar-refractivity contribution < 1.29 is 4.79 Å². The number of rotatable bonds is 5. The molecule has 0 aliphatic carbocycles. The maximum atomic E-state index is 12.4. The van der Waals surface area contributed by atoms with Crippen molar-refractivity contribution in [2.75, 3.05) is 19.0 Å². The van der Waals surface area contributed by atoms with Crippen LogP contribution in [0.15, 0.2) is 18.3 Å². The quantitative estimate of drug-likeness (QED) is 0.915. The summed E-state index contributed by atoms with van der Waals surface area (Å²) in [6.07, 6.45) is 2.42. The second kappa shape index (κ2) is 6.81. The number of aromatic nitrogens is 3. The largest absolute Gasteiger partial charge is 0.363 e. The van der Waals surface area contributed by atoms with Gasteiger partial charge in [0.25, 0.3) is 5.91 Å². The van der Waals surface area contributed by atoms with Gasteiger partial charge in [0.1, 0.15) is 5.82 Å². The molecule has 0 aromatic carbocycles. The fraction of sp³-hybridized carbons (Fsp3) is 0.471. The maximum Gasteiger partial charge on any atom is 0.251 e. The molecule has 0 spiro atoms. The molecule has 0 unspecified atom stereocenters. The molecular weight excluding hydrogens is 290 g/mol. The van der Waals surface area contributed by atoms with Crippen LogP contribution in [0.5, 0.6) is 0 Å². The molecule has 2 aromatic rings. The average molecular weight is 315 g/mol. The summed E-state index contributed by atoms with van der Waals surface area (Å²) < 4.78 is 1.88. The van der Waals surface area contributed by atoms with Gasteiger partial charge in [0.05, 0.1) is 5.69 Å². The zero-order valence-electron chi connectivity index (χ0n) is 14.7. The molecule has 1 N–H and O–H groups in total. The van der Waals surface area contributed by atoms with Crippen LogP contribution in [0.4, 0.5) is 5.82 Å². The Morgan fingerprint density at radius 3 is 2.65 bits per heavy atom. The third-order valence-electron chi connectivity index (χ3n) is 4.01. The molecule has 124 valence electrons. The lowest BCUT2D eigenvalue weighted by Gasteiger charge is -2.16. The Bertz CT molecular complexity index is 705. The van der Waals surface area contributed by atoms with Crippen LogP contribution in [-0.4, -0.2) is 40.8 Å². The van der Waals surface area contributed by atoms with Crippen LogP contribution in [-0.2, 0) is 13.5 Å². The summed E-state index contributed by atoms with van der Waals surface area (Å²) in [6, 6.07) is 3.55. The second-order valence-electron chi connectivity index (χ2n) is 6.15. The van der Waals surface area contributed by atoms with E-state index in [0.29, 0.717) is 5.56 Å². The SMILES string of the molecule is Cc1nn(C)c(C)c1C[C@@H](C)NC(=O)c1ccnc(N(C)C)c1. The van der Waals surface area contributed by atoms with Gasteiger partial charge in [-0.2, -0.15) is 5.10 Å². The lowest BCUT2D eigenvalue weighted by atomic mass is 10.0. The summed E-state index contributed by atoms with van der Waals surface area (Å²) in [6.45, 7) is 6.07. The van der Waals surface area contributed by atoms with Gasteiger partial charge in [-0.1, -0.05) is 0 Å². The fourth-order valence-electron chi connectivity index (χ4n) is 2.58. The van der Waals surface area contributed by atoms with Gasteiger partial charge in [-0.25, -0.2) is 4.98 Å². The molecule has 1 atom stereocenters. The third kappa shape index (κ3) is 3.88. The van der Waals surface area contributed by atoms with Crippen LogP contribution in [0.3, 0.4) is 0 Å². The monoisotopic (exact) mass is 315 g/mol. The van der Waals surface area contributed by atoms with Gasteiger partial charge < -0.3 is 10.2 Å². The predicted octanol–water partition coefficient (Wildman–Crippen LogP) is 1.86. The van der Waals surface area contributed by atoms with Crippen molar-refractivity contribution in [3.05, 3.63) is 40.8 Å². The summed E-state index contributed by atoms with van der Waals surface area (Å²) in [7, 11) is 5.75. The van der Waals surface area contributed by atoms with Gasteiger partial charge in [0, 0.05) is 44.6 Å². The topological polar surface area (TPSA) is 63.1 Å². The van der Waals surface area contributed by atoms with Crippen molar-refractivity contribution in [2.45, 2.75) is 33.2 Å². The minimum absolute atomic E-state index is 0.0278. The first kappa shape index (κ1) is 17.0. The van der Waals surface area contributed by atoms with E-state index in [2.05, 4.69) is 22.3 Å². The van der Waals surface area contributed by atoms with E-state index >= 15 is 0 Å². The second-order valence-corrected chi connectivity index (χ2v) is 6.15. The maximum absolute atomic E-state index is 12.4. The number of hydrogen-bond acceptors (Lipinski definition) is 4. The number of carbonyl (C=O) groups is 1. The molecule has 6 nitrogen and oxygen atoms in total. The Balaban J connectivity index is 2.06. The minimum atomic E-state index is -0.0813. The van der Waals surface area contributed by atoms with Crippen LogP contribution in [0.25, 0.3) is 0 Å². The predicted molar refractivity (Wildman–Crippen MR) is 91.9 cm³/mol. The van der Waals surface area contributed by atoms with Crippen molar-refractivity contribution in [1.29, 1.82) is 0 Å². The Labute approximate surface area is 137 Å². The van der Waals surface area contributed by atoms with E-state index in [4.69, 9.17) is 0 Å². The molecule has 0 saturated carbocycles. The van der Waals surface area contributed by atoms with Gasteiger partial charge >= 0.3 is 0 Å². The molecular formula is C17H25N5O. The van der Waals surface area contributed by atoms with Crippen LogP contribution >= 0.6 is 0 Å². The van der Waals surface area contributed by atoms with E-state index < -0.39 is 0 Å². The van der Waals surface area contributed by atoms with E-state index in [1.165, 1.54) is 5.56 Å². The summed E-state index contributed by atoms with van der Waals surface area (Å²) in [5.74, 6) is 0.687.